The van der Waals surface area contributed by atoms with E-state index in [9.17, 15) is 9.13 Å². The molecular formula is C15H28N2O8P2. The van der Waals surface area contributed by atoms with E-state index in [2.05, 4.69) is 10.2 Å². The molecule has 4 aliphatic heterocycles. The zero-order valence-electron chi connectivity index (χ0n) is 15.3. The summed E-state index contributed by atoms with van der Waals surface area (Å²) in [5.74, 6) is 0. The van der Waals surface area contributed by atoms with Crippen LogP contribution in [0.25, 0.3) is 0 Å². The second-order valence-corrected chi connectivity index (χ2v) is 11.2. The van der Waals surface area contributed by atoms with Crippen molar-refractivity contribution in [1.82, 2.24) is 10.2 Å². The summed E-state index contributed by atoms with van der Waals surface area (Å²) in [6.45, 7) is 2.92. The van der Waals surface area contributed by atoms with Crippen LogP contribution < -0.4 is 10.2 Å². The summed E-state index contributed by atoms with van der Waals surface area (Å²) in [7, 11) is -6.72. The molecular weight excluding hydrogens is 398 g/mol. The van der Waals surface area contributed by atoms with Gasteiger partial charge in [-0.15, -0.1) is 0 Å². The predicted molar refractivity (Wildman–Crippen MR) is 95.4 cm³/mol. The van der Waals surface area contributed by atoms with Crippen molar-refractivity contribution in [2.45, 2.75) is 37.9 Å². The van der Waals surface area contributed by atoms with Crippen molar-refractivity contribution in [1.29, 1.82) is 0 Å². The molecule has 2 atom stereocenters. The first-order valence-corrected chi connectivity index (χ1v) is 12.6. The Hall–Kier alpha value is 0.140. The fraction of sp³-hybridized carbons (Fsp3) is 1.00. The van der Waals surface area contributed by atoms with E-state index < -0.39 is 20.9 Å². The Bertz CT molecular complexity index is 529. The molecule has 0 unspecified atom stereocenters. The molecule has 0 aromatic carbocycles. The van der Waals surface area contributed by atoms with E-state index in [4.69, 9.17) is 27.6 Å². The van der Waals surface area contributed by atoms with E-state index in [0.29, 0.717) is 13.1 Å². The highest BCUT2D eigenvalue weighted by Crippen LogP contribution is 2.56. The van der Waals surface area contributed by atoms with Crippen LogP contribution in [-0.4, -0.2) is 64.9 Å². The minimum Gasteiger partial charge on any atom is -0.377 e. The van der Waals surface area contributed by atoms with Crippen molar-refractivity contribution < 1.29 is 36.7 Å². The van der Waals surface area contributed by atoms with Crippen molar-refractivity contribution >= 4 is 15.5 Å². The van der Waals surface area contributed by atoms with Gasteiger partial charge < -0.3 is 9.47 Å². The number of hydrogen-bond acceptors (Lipinski definition) is 8. The van der Waals surface area contributed by atoms with Crippen molar-refractivity contribution in [3.05, 3.63) is 0 Å². The van der Waals surface area contributed by atoms with Crippen LogP contribution in [0.2, 0.25) is 0 Å². The minimum atomic E-state index is -3.36. The van der Waals surface area contributed by atoms with Gasteiger partial charge >= 0.3 is 15.5 Å². The van der Waals surface area contributed by atoms with Gasteiger partial charge in [-0.25, -0.2) is 19.3 Å². The molecule has 10 nitrogen and oxygen atoms in total. The molecule has 4 saturated heterocycles. The molecule has 0 radical (unpaired) electrons. The lowest BCUT2D eigenvalue weighted by molar-refractivity contribution is -0.0725. The first-order chi connectivity index (χ1) is 13.0. The zero-order valence-corrected chi connectivity index (χ0v) is 17.1. The van der Waals surface area contributed by atoms with Crippen LogP contribution in [0.3, 0.4) is 0 Å². The van der Waals surface area contributed by atoms with Gasteiger partial charge in [0.2, 0.25) is 0 Å². The van der Waals surface area contributed by atoms with Gasteiger partial charge in [0, 0.05) is 26.3 Å². The second kappa shape index (κ2) is 8.48. The average Bonchev–Trinajstić information content (AvgIpc) is 3.38. The standard InChI is InChI=1S/C15H28N2O8P2/c18-26(16-7-13-3-1-5-20-13)22-9-15(10-23-26)11-24-27(19,25-12-15)17-8-14-4-2-6-21-14/h13-14H,1-12H2,(H,16,18)(H,17,19)/t13-,14+,15?,26?,27?. The van der Waals surface area contributed by atoms with E-state index in [1.54, 1.807) is 0 Å². The highest BCUT2D eigenvalue weighted by atomic mass is 31.2. The zero-order chi connectivity index (χ0) is 18.8. The number of nitrogens with one attached hydrogen (secondary N) is 2. The molecule has 0 aromatic rings. The number of rotatable bonds is 6. The van der Waals surface area contributed by atoms with Crippen molar-refractivity contribution in [3.63, 3.8) is 0 Å². The van der Waals surface area contributed by atoms with E-state index in [-0.39, 0.29) is 38.6 Å². The minimum absolute atomic E-state index is 0.0426. The Labute approximate surface area is 159 Å². The molecule has 0 amide bonds. The highest BCUT2D eigenvalue weighted by molar-refractivity contribution is 7.52. The Kier molecular flexibility index (Phi) is 6.41. The smallest absolute Gasteiger partial charge is 0.377 e. The second-order valence-electron chi connectivity index (χ2n) is 7.58. The maximum absolute atomic E-state index is 12.6. The van der Waals surface area contributed by atoms with Gasteiger partial charge in [0.15, 0.2) is 0 Å². The normalized spacial score (nSPS) is 45.5. The van der Waals surface area contributed by atoms with Gasteiger partial charge in [-0.1, -0.05) is 0 Å². The summed E-state index contributed by atoms with van der Waals surface area (Å²) in [6, 6.07) is 0. The first-order valence-electron chi connectivity index (χ1n) is 9.50. The molecule has 156 valence electrons. The summed E-state index contributed by atoms with van der Waals surface area (Å²) in [5, 5.41) is 5.71. The monoisotopic (exact) mass is 426 g/mol. The number of hydrogen-bond donors (Lipinski definition) is 2. The predicted octanol–water partition coefficient (Wildman–Crippen LogP) is 1.82. The summed E-state index contributed by atoms with van der Waals surface area (Å²) in [4.78, 5) is 0. The van der Waals surface area contributed by atoms with Gasteiger partial charge in [0.1, 0.15) is 0 Å². The Morgan fingerprint density at radius 3 is 1.48 bits per heavy atom. The van der Waals surface area contributed by atoms with E-state index >= 15 is 0 Å². The Balaban J connectivity index is 1.22. The van der Waals surface area contributed by atoms with Crippen LogP contribution in [0.15, 0.2) is 0 Å². The molecule has 0 saturated carbocycles. The Morgan fingerprint density at radius 1 is 0.741 bits per heavy atom. The summed E-state index contributed by atoms with van der Waals surface area (Å²) in [5.41, 5.74) is -0.612. The lowest BCUT2D eigenvalue weighted by Gasteiger charge is -2.42. The molecule has 12 heteroatoms. The van der Waals surface area contributed by atoms with E-state index in [0.717, 1.165) is 38.9 Å². The summed E-state index contributed by atoms with van der Waals surface area (Å²) < 4.78 is 58.3. The molecule has 4 heterocycles. The van der Waals surface area contributed by atoms with Crippen LogP contribution in [0.4, 0.5) is 0 Å². The molecule has 0 aliphatic carbocycles. The van der Waals surface area contributed by atoms with Crippen LogP contribution in [0, 0.1) is 5.41 Å². The van der Waals surface area contributed by atoms with Crippen molar-refractivity contribution in [2.24, 2.45) is 5.41 Å². The summed E-state index contributed by atoms with van der Waals surface area (Å²) >= 11 is 0. The fourth-order valence-corrected chi connectivity index (χ4v) is 6.58. The highest BCUT2D eigenvalue weighted by Gasteiger charge is 2.49. The molecule has 4 fully saturated rings. The maximum atomic E-state index is 12.6. The molecule has 1 spiro atoms. The molecule has 27 heavy (non-hydrogen) atoms. The fourth-order valence-electron chi connectivity index (χ4n) is 3.43. The maximum Gasteiger partial charge on any atom is 0.405 e. The first kappa shape index (κ1) is 20.4. The molecule has 0 bridgehead atoms. The third-order valence-electron chi connectivity index (χ3n) is 5.24. The SMILES string of the molecule is O=P1(NC[C@H]2CCCO2)OCC2(CO1)COP(=O)(NC[C@@H]1CCCO1)OC2. The van der Waals surface area contributed by atoms with Gasteiger partial charge in [0.25, 0.3) is 0 Å². The molecule has 4 aliphatic rings. The quantitative estimate of drug-likeness (QED) is 0.610. The molecule has 4 rings (SSSR count). The lowest BCUT2D eigenvalue weighted by atomic mass is 9.93. The van der Waals surface area contributed by atoms with E-state index in [1.807, 2.05) is 0 Å². The van der Waals surface area contributed by atoms with Crippen molar-refractivity contribution in [3.8, 4) is 0 Å². The third-order valence-corrected chi connectivity index (χ3v) is 8.25. The van der Waals surface area contributed by atoms with Crippen LogP contribution >= 0.6 is 15.5 Å². The largest absolute Gasteiger partial charge is 0.405 e. The van der Waals surface area contributed by atoms with Crippen LogP contribution in [0.1, 0.15) is 25.7 Å². The number of ether oxygens (including phenoxy) is 2. The third kappa shape index (κ3) is 5.20. The average molecular weight is 426 g/mol. The van der Waals surface area contributed by atoms with Gasteiger partial charge in [-0.05, 0) is 25.7 Å². The molecule has 0 aromatic heterocycles. The van der Waals surface area contributed by atoms with E-state index in [1.165, 1.54) is 0 Å². The van der Waals surface area contributed by atoms with Crippen LogP contribution in [-0.2, 0) is 36.7 Å². The van der Waals surface area contributed by atoms with Gasteiger partial charge in [-0.2, -0.15) is 0 Å². The van der Waals surface area contributed by atoms with Crippen LogP contribution in [0.5, 0.6) is 0 Å². The topological polar surface area (TPSA) is 114 Å². The lowest BCUT2D eigenvalue weighted by Crippen LogP contribution is -2.48. The summed E-state index contributed by atoms with van der Waals surface area (Å²) in [6.07, 6.45) is 3.98. The van der Waals surface area contributed by atoms with Gasteiger partial charge in [0.05, 0.1) is 44.1 Å². The molecule has 2 N–H and O–H groups in total. The van der Waals surface area contributed by atoms with Gasteiger partial charge in [-0.3, -0.25) is 18.1 Å². The van der Waals surface area contributed by atoms with Crippen molar-refractivity contribution in [2.75, 3.05) is 52.7 Å². The Morgan fingerprint density at radius 2 is 1.15 bits per heavy atom.